The molecule has 1 aliphatic heterocycles. The number of nitrogens with two attached hydrogens (primary N) is 1. The normalized spacial score (nSPS) is 18.8. The fourth-order valence-electron chi connectivity index (χ4n) is 2.41. The van der Waals surface area contributed by atoms with E-state index in [1.807, 2.05) is 6.92 Å². The third-order valence-corrected chi connectivity index (χ3v) is 3.41. The summed E-state index contributed by atoms with van der Waals surface area (Å²) in [5, 5.41) is 0. The van der Waals surface area contributed by atoms with Gasteiger partial charge in [-0.2, -0.15) is 0 Å². The molecule has 1 saturated heterocycles. The Morgan fingerprint density at radius 2 is 2.25 bits per heavy atom. The van der Waals surface area contributed by atoms with Gasteiger partial charge in [0, 0.05) is 32.1 Å². The molecule has 110 valence electrons. The summed E-state index contributed by atoms with van der Waals surface area (Å²) >= 11 is 0. The van der Waals surface area contributed by atoms with Crippen molar-refractivity contribution in [2.24, 2.45) is 0 Å². The second kappa shape index (κ2) is 7.19. The maximum Gasteiger partial charge on any atom is 0.276 e. The van der Waals surface area contributed by atoms with E-state index in [1.165, 1.54) is 12.4 Å². The van der Waals surface area contributed by atoms with Crippen molar-refractivity contribution in [1.29, 1.82) is 0 Å². The molecule has 0 unspecified atom stereocenters. The molecule has 0 bridgehead atoms. The third-order valence-electron chi connectivity index (χ3n) is 3.41. The molecule has 2 N–H and O–H groups in total. The SMILES string of the molecule is CCCN(C[C@H]1CCCCO1)C(=O)c1nccnc1N. The van der Waals surface area contributed by atoms with Crippen molar-refractivity contribution in [3.63, 3.8) is 0 Å². The van der Waals surface area contributed by atoms with E-state index < -0.39 is 0 Å². The fraction of sp³-hybridized carbons (Fsp3) is 0.643. The molecule has 0 aromatic carbocycles. The minimum atomic E-state index is -0.161. The van der Waals surface area contributed by atoms with Crippen LogP contribution in [0.4, 0.5) is 5.82 Å². The Hall–Kier alpha value is -1.69. The quantitative estimate of drug-likeness (QED) is 0.882. The van der Waals surface area contributed by atoms with Crippen molar-refractivity contribution in [3.8, 4) is 0 Å². The average molecular weight is 278 g/mol. The summed E-state index contributed by atoms with van der Waals surface area (Å²) < 4.78 is 5.71. The van der Waals surface area contributed by atoms with Gasteiger partial charge in [0.25, 0.3) is 5.91 Å². The molecule has 0 saturated carbocycles. The molecule has 1 aromatic heterocycles. The summed E-state index contributed by atoms with van der Waals surface area (Å²) in [6.45, 7) is 4.10. The zero-order chi connectivity index (χ0) is 14.4. The van der Waals surface area contributed by atoms with Gasteiger partial charge in [-0.15, -0.1) is 0 Å². The standard InChI is InChI=1S/C14H22N4O2/c1-2-8-18(10-11-5-3-4-9-20-11)14(19)12-13(15)17-7-6-16-12/h6-7,11H,2-5,8-10H2,1H3,(H2,15,17)/t11-/m1/s1. The lowest BCUT2D eigenvalue weighted by molar-refractivity contribution is -0.00394. The van der Waals surface area contributed by atoms with E-state index in [4.69, 9.17) is 10.5 Å². The predicted molar refractivity (Wildman–Crippen MR) is 76.2 cm³/mol. The summed E-state index contributed by atoms with van der Waals surface area (Å²) in [5.41, 5.74) is 5.97. The second-order valence-electron chi connectivity index (χ2n) is 5.03. The molecule has 1 aromatic rings. The van der Waals surface area contributed by atoms with Crippen LogP contribution in [-0.2, 0) is 4.74 Å². The van der Waals surface area contributed by atoms with Gasteiger partial charge in [0.05, 0.1) is 6.10 Å². The van der Waals surface area contributed by atoms with Crippen LogP contribution in [-0.4, -0.2) is 46.6 Å². The zero-order valence-corrected chi connectivity index (χ0v) is 11.9. The number of hydrogen-bond donors (Lipinski definition) is 1. The van der Waals surface area contributed by atoms with Crippen LogP contribution in [0.1, 0.15) is 43.1 Å². The van der Waals surface area contributed by atoms with Gasteiger partial charge in [0.2, 0.25) is 0 Å². The van der Waals surface area contributed by atoms with Crippen molar-refractivity contribution in [2.45, 2.75) is 38.7 Å². The topological polar surface area (TPSA) is 81.3 Å². The van der Waals surface area contributed by atoms with Gasteiger partial charge >= 0.3 is 0 Å². The monoisotopic (exact) mass is 278 g/mol. The number of hydrogen-bond acceptors (Lipinski definition) is 5. The van der Waals surface area contributed by atoms with E-state index in [-0.39, 0.29) is 23.5 Å². The van der Waals surface area contributed by atoms with Gasteiger partial charge in [-0.3, -0.25) is 4.79 Å². The molecular weight excluding hydrogens is 256 g/mol. The lowest BCUT2D eigenvalue weighted by Crippen LogP contribution is -2.40. The van der Waals surface area contributed by atoms with Gasteiger partial charge in [-0.05, 0) is 25.7 Å². The average Bonchev–Trinajstić information content (AvgIpc) is 2.48. The second-order valence-corrected chi connectivity index (χ2v) is 5.03. The number of amides is 1. The molecule has 0 radical (unpaired) electrons. The molecular formula is C14H22N4O2. The summed E-state index contributed by atoms with van der Waals surface area (Å²) in [4.78, 5) is 22.3. The highest BCUT2D eigenvalue weighted by Crippen LogP contribution is 2.16. The van der Waals surface area contributed by atoms with Gasteiger partial charge in [-0.25, -0.2) is 9.97 Å². The number of carbonyl (C=O) groups is 1. The summed E-state index contributed by atoms with van der Waals surface area (Å²) in [5.74, 6) is 0.0230. The lowest BCUT2D eigenvalue weighted by atomic mass is 10.1. The molecule has 2 heterocycles. The molecule has 1 atom stereocenters. The van der Waals surface area contributed by atoms with E-state index in [9.17, 15) is 4.79 Å². The Balaban J connectivity index is 2.07. The van der Waals surface area contributed by atoms with Gasteiger partial charge in [0.15, 0.2) is 11.5 Å². The van der Waals surface area contributed by atoms with E-state index in [2.05, 4.69) is 9.97 Å². The van der Waals surface area contributed by atoms with Crippen LogP contribution in [0, 0.1) is 0 Å². The summed E-state index contributed by atoms with van der Waals surface area (Å²) in [6.07, 6.45) is 7.26. The lowest BCUT2D eigenvalue weighted by Gasteiger charge is -2.29. The molecule has 6 nitrogen and oxygen atoms in total. The van der Waals surface area contributed by atoms with Crippen molar-refractivity contribution in [1.82, 2.24) is 14.9 Å². The van der Waals surface area contributed by atoms with Crippen LogP contribution in [0.25, 0.3) is 0 Å². The molecule has 1 fully saturated rings. The number of carbonyl (C=O) groups excluding carboxylic acids is 1. The highest BCUT2D eigenvalue weighted by molar-refractivity contribution is 5.96. The third kappa shape index (κ3) is 3.66. The fourth-order valence-corrected chi connectivity index (χ4v) is 2.41. The highest BCUT2D eigenvalue weighted by Gasteiger charge is 2.24. The Kier molecular flexibility index (Phi) is 5.29. The first-order chi connectivity index (χ1) is 9.72. The maximum atomic E-state index is 12.5. The van der Waals surface area contributed by atoms with Crippen molar-refractivity contribution in [3.05, 3.63) is 18.1 Å². The van der Waals surface area contributed by atoms with Crippen molar-refractivity contribution >= 4 is 11.7 Å². The number of aromatic nitrogens is 2. The largest absolute Gasteiger partial charge is 0.382 e. The number of nitrogen functional groups attached to an aromatic ring is 1. The van der Waals surface area contributed by atoms with Gasteiger partial charge in [-0.1, -0.05) is 6.92 Å². The highest BCUT2D eigenvalue weighted by atomic mass is 16.5. The van der Waals surface area contributed by atoms with E-state index in [0.717, 1.165) is 32.3 Å². The van der Waals surface area contributed by atoms with E-state index in [0.29, 0.717) is 13.1 Å². The number of rotatable bonds is 5. The van der Waals surface area contributed by atoms with Crippen LogP contribution < -0.4 is 5.73 Å². The summed E-state index contributed by atoms with van der Waals surface area (Å²) in [7, 11) is 0. The maximum absolute atomic E-state index is 12.5. The van der Waals surface area contributed by atoms with Crippen LogP contribution in [0.5, 0.6) is 0 Å². The Morgan fingerprint density at radius 1 is 1.45 bits per heavy atom. The van der Waals surface area contributed by atoms with E-state index >= 15 is 0 Å². The Morgan fingerprint density at radius 3 is 2.90 bits per heavy atom. The molecule has 0 spiro atoms. The first-order valence-electron chi connectivity index (χ1n) is 7.19. The number of nitrogens with zero attached hydrogens (tertiary/aromatic N) is 3. The van der Waals surface area contributed by atoms with Crippen LogP contribution in [0.15, 0.2) is 12.4 Å². The molecule has 1 amide bonds. The number of anilines is 1. The smallest absolute Gasteiger partial charge is 0.276 e. The Bertz CT molecular complexity index is 447. The van der Waals surface area contributed by atoms with Gasteiger partial charge < -0.3 is 15.4 Å². The summed E-state index contributed by atoms with van der Waals surface area (Å²) in [6, 6.07) is 0. The van der Waals surface area contributed by atoms with Crippen LogP contribution >= 0.6 is 0 Å². The zero-order valence-electron chi connectivity index (χ0n) is 11.9. The predicted octanol–water partition coefficient (Wildman–Crippen LogP) is 1.48. The minimum Gasteiger partial charge on any atom is -0.382 e. The van der Waals surface area contributed by atoms with Crippen molar-refractivity contribution in [2.75, 3.05) is 25.4 Å². The molecule has 20 heavy (non-hydrogen) atoms. The van der Waals surface area contributed by atoms with Crippen molar-refractivity contribution < 1.29 is 9.53 Å². The molecule has 0 aliphatic carbocycles. The first kappa shape index (κ1) is 14.7. The van der Waals surface area contributed by atoms with E-state index in [1.54, 1.807) is 4.90 Å². The minimum absolute atomic E-state index is 0.122. The number of ether oxygens (including phenoxy) is 1. The van der Waals surface area contributed by atoms with Crippen LogP contribution in [0.2, 0.25) is 0 Å². The Labute approximate surface area is 119 Å². The van der Waals surface area contributed by atoms with Gasteiger partial charge in [0.1, 0.15) is 0 Å². The first-order valence-corrected chi connectivity index (χ1v) is 7.19. The molecule has 1 aliphatic rings. The van der Waals surface area contributed by atoms with Crippen LogP contribution in [0.3, 0.4) is 0 Å². The molecule has 6 heteroatoms. The molecule has 2 rings (SSSR count).